The zero-order valence-electron chi connectivity index (χ0n) is 18.5. The number of hydrogen-bond acceptors (Lipinski definition) is 5. The number of Topliss-reactive ketones (excluding diaryl/α,β-unsaturated/α-hetero) is 1. The third kappa shape index (κ3) is 3.67. The summed E-state index contributed by atoms with van der Waals surface area (Å²) in [5, 5.41) is 15.7. The second kappa shape index (κ2) is 8.05. The minimum Gasteiger partial charge on any atom is -0.339 e. The molecule has 3 heterocycles. The molecule has 176 valence electrons. The van der Waals surface area contributed by atoms with Crippen LogP contribution < -0.4 is 10.6 Å². The molecule has 1 aromatic carbocycles. The van der Waals surface area contributed by atoms with E-state index < -0.39 is 29.0 Å². The van der Waals surface area contributed by atoms with Crippen molar-refractivity contribution >= 4 is 34.9 Å². The van der Waals surface area contributed by atoms with Crippen molar-refractivity contribution in [1.29, 1.82) is 0 Å². The zero-order chi connectivity index (χ0) is 24.2. The number of benzene rings is 1. The van der Waals surface area contributed by atoms with Gasteiger partial charge in [0.05, 0.1) is 16.1 Å². The Kier molecular flexibility index (Phi) is 5.27. The van der Waals surface area contributed by atoms with Crippen LogP contribution in [0.2, 0.25) is 5.02 Å². The Labute approximate surface area is 199 Å². The van der Waals surface area contributed by atoms with E-state index in [9.17, 15) is 18.8 Å². The van der Waals surface area contributed by atoms with Crippen molar-refractivity contribution < 1.29 is 18.8 Å². The maximum Gasteiger partial charge on any atom is 0.293 e. The second-order valence-corrected chi connectivity index (χ2v) is 9.43. The summed E-state index contributed by atoms with van der Waals surface area (Å²) in [5.41, 5.74) is 1.86. The van der Waals surface area contributed by atoms with Crippen molar-refractivity contribution in [3.8, 4) is 0 Å². The van der Waals surface area contributed by atoms with Gasteiger partial charge in [-0.15, -0.1) is 5.10 Å². The summed E-state index contributed by atoms with van der Waals surface area (Å²) in [5.74, 6) is -2.29. The lowest BCUT2D eigenvalue weighted by Crippen LogP contribution is -2.40. The number of carbonyl (C=O) groups is 3. The molecule has 1 atom stereocenters. The van der Waals surface area contributed by atoms with Gasteiger partial charge in [0.1, 0.15) is 17.2 Å². The average molecular weight is 485 g/mol. The molecule has 0 spiro atoms. The summed E-state index contributed by atoms with van der Waals surface area (Å²) in [6.45, 7) is 4.22. The number of fused-ring (bicyclic) bond motifs is 1. The van der Waals surface area contributed by atoms with Crippen LogP contribution in [0, 0.1) is 18.7 Å². The molecule has 0 bridgehead atoms. The number of nitrogens with one attached hydrogen (secondary N) is 3. The van der Waals surface area contributed by atoms with Crippen molar-refractivity contribution in [2.75, 3.05) is 5.32 Å². The van der Waals surface area contributed by atoms with Crippen LogP contribution in [0.4, 0.5) is 10.1 Å². The fourth-order valence-electron chi connectivity index (χ4n) is 4.68. The van der Waals surface area contributed by atoms with Crippen LogP contribution in [0.3, 0.4) is 0 Å². The highest BCUT2D eigenvalue weighted by atomic mass is 35.5. The van der Waals surface area contributed by atoms with Crippen LogP contribution in [0.1, 0.15) is 57.6 Å². The van der Waals surface area contributed by atoms with Crippen LogP contribution in [-0.4, -0.2) is 37.6 Å². The molecule has 9 nitrogen and oxygen atoms in total. The number of halogens is 2. The third-order valence-corrected chi connectivity index (χ3v) is 6.78. The number of aromatic nitrogens is 4. The maximum absolute atomic E-state index is 13.5. The Morgan fingerprint density at radius 3 is 2.71 bits per heavy atom. The molecule has 1 fully saturated rings. The monoisotopic (exact) mass is 484 g/mol. The molecule has 2 aromatic heterocycles. The molecule has 5 rings (SSSR count). The highest BCUT2D eigenvalue weighted by Gasteiger charge is 2.49. The van der Waals surface area contributed by atoms with Crippen LogP contribution in [0.15, 0.2) is 24.4 Å². The van der Waals surface area contributed by atoms with Gasteiger partial charge in [-0.1, -0.05) is 23.7 Å². The minimum absolute atomic E-state index is 0.114. The summed E-state index contributed by atoms with van der Waals surface area (Å²) in [6, 6.07) is 3.89. The topological polar surface area (TPSA) is 122 Å². The number of carbonyl (C=O) groups excluding carboxylic acids is 3. The van der Waals surface area contributed by atoms with E-state index in [0.29, 0.717) is 54.1 Å². The van der Waals surface area contributed by atoms with Gasteiger partial charge in [0.25, 0.3) is 17.6 Å². The fourth-order valence-corrected chi connectivity index (χ4v) is 4.86. The number of nitrogens with zero attached hydrogens (tertiary/aromatic N) is 3. The van der Waals surface area contributed by atoms with E-state index in [4.69, 9.17) is 11.6 Å². The van der Waals surface area contributed by atoms with E-state index in [-0.39, 0.29) is 16.5 Å². The van der Waals surface area contributed by atoms with Gasteiger partial charge >= 0.3 is 0 Å². The van der Waals surface area contributed by atoms with Gasteiger partial charge in [0, 0.05) is 24.1 Å². The fraction of sp³-hybridized carbons (Fsp3) is 0.348. The zero-order valence-corrected chi connectivity index (χ0v) is 19.3. The molecule has 0 radical (unpaired) electrons. The lowest BCUT2D eigenvalue weighted by Gasteiger charge is -2.14. The number of amides is 2. The van der Waals surface area contributed by atoms with Gasteiger partial charge in [0.2, 0.25) is 0 Å². The number of anilines is 1. The quantitative estimate of drug-likeness (QED) is 0.366. The van der Waals surface area contributed by atoms with Gasteiger partial charge in [0.15, 0.2) is 0 Å². The Hall–Kier alpha value is -3.53. The SMILES string of the molecule is Cc1c(C(=O)C(=O)NC2(c3c[nH]nn3)CC2)c2n(c1C(=O)Nc1ccc(F)c(Cl)c1)C[C@H](C)C2. The molecule has 1 aliphatic carbocycles. The summed E-state index contributed by atoms with van der Waals surface area (Å²) in [7, 11) is 0. The van der Waals surface area contributed by atoms with E-state index in [1.807, 2.05) is 6.92 Å². The molecule has 2 aliphatic rings. The molecule has 1 saturated carbocycles. The number of aromatic amines is 1. The van der Waals surface area contributed by atoms with Crippen molar-refractivity contribution in [3.05, 3.63) is 63.4 Å². The highest BCUT2D eigenvalue weighted by Crippen LogP contribution is 2.44. The average Bonchev–Trinajstić information content (AvgIpc) is 3.11. The molecule has 2 amide bonds. The third-order valence-electron chi connectivity index (χ3n) is 6.49. The minimum atomic E-state index is -0.742. The first-order chi connectivity index (χ1) is 16.2. The second-order valence-electron chi connectivity index (χ2n) is 9.02. The standard InChI is InChI=1S/C23H22ClFN6O3/c1-11-7-16-18(20(32)22(34)28-23(5-6-23)17-9-26-30-29-17)12(2)19(31(16)10-11)21(33)27-13-3-4-15(25)14(24)8-13/h3-4,8-9,11H,5-7,10H2,1-2H3,(H,27,33)(H,28,34)(H,26,29,30)/t11-/m1/s1. The first kappa shape index (κ1) is 22.3. The number of hydrogen-bond donors (Lipinski definition) is 3. The number of ketones is 1. The van der Waals surface area contributed by atoms with E-state index in [0.717, 1.165) is 6.07 Å². The molecule has 0 unspecified atom stereocenters. The summed E-state index contributed by atoms with van der Waals surface area (Å²) in [4.78, 5) is 39.5. The van der Waals surface area contributed by atoms with E-state index in [2.05, 4.69) is 26.0 Å². The Morgan fingerprint density at radius 1 is 1.29 bits per heavy atom. The molecule has 0 saturated heterocycles. The van der Waals surface area contributed by atoms with E-state index in [1.54, 1.807) is 17.7 Å². The van der Waals surface area contributed by atoms with Crippen LogP contribution in [0.5, 0.6) is 0 Å². The van der Waals surface area contributed by atoms with Gasteiger partial charge in [-0.05, 0) is 55.9 Å². The van der Waals surface area contributed by atoms with Crippen molar-refractivity contribution in [2.45, 2.75) is 45.2 Å². The first-order valence-corrected chi connectivity index (χ1v) is 11.3. The van der Waals surface area contributed by atoms with Crippen molar-refractivity contribution in [3.63, 3.8) is 0 Å². The normalized spacial score (nSPS) is 17.8. The predicted octanol–water partition coefficient (Wildman–Crippen LogP) is 3.14. The van der Waals surface area contributed by atoms with Gasteiger partial charge < -0.3 is 15.2 Å². The molecular weight excluding hydrogens is 463 g/mol. The molecular formula is C23H22ClFN6O3. The summed E-state index contributed by atoms with van der Waals surface area (Å²) < 4.78 is 15.3. The molecule has 3 N–H and O–H groups in total. The highest BCUT2D eigenvalue weighted by molar-refractivity contribution is 6.44. The van der Waals surface area contributed by atoms with Gasteiger partial charge in [-0.2, -0.15) is 0 Å². The molecule has 34 heavy (non-hydrogen) atoms. The number of rotatable bonds is 6. The van der Waals surface area contributed by atoms with E-state index in [1.165, 1.54) is 12.1 Å². The van der Waals surface area contributed by atoms with Crippen molar-refractivity contribution in [1.82, 2.24) is 25.3 Å². The Bertz CT molecular complexity index is 1330. The lowest BCUT2D eigenvalue weighted by molar-refractivity contribution is -0.118. The molecule has 1 aliphatic heterocycles. The molecule has 3 aromatic rings. The number of H-pyrrole nitrogens is 1. The predicted molar refractivity (Wildman–Crippen MR) is 121 cm³/mol. The lowest BCUT2D eigenvalue weighted by atomic mass is 9.99. The van der Waals surface area contributed by atoms with Crippen LogP contribution in [-0.2, 0) is 23.3 Å². The van der Waals surface area contributed by atoms with Gasteiger partial charge in [-0.25, -0.2) is 4.39 Å². The molecule has 11 heteroatoms. The van der Waals surface area contributed by atoms with Gasteiger partial charge in [-0.3, -0.25) is 19.5 Å². The van der Waals surface area contributed by atoms with E-state index >= 15 is 0 Å². The van der Waals surface area contributed by atoms with Crippen LogP contribution in [0.25, 0.3) is 0 Å². The summed E-state index contributed by atoms with van der Waals surface area (Å²) >= 11 is 5.83. The summed E-state index contributed by atoms with van der Waals surface area (Å²) in [6.07, 6.45) is 3.50. The van der Waals surface area contributed by atoms with Crippen LogP contribution >= 0.6 is 11.6 Å². The van der Waals surface area contributed by atoms with Crippen molar-refractivity contribution in [2.24, 2.45) is 5.92 Å². The first-order valence-electron chi connectivity index (χ1n) is 10.9. The largest absolute Gasteiger partial charge is 0.339 e. The smallest absolute Gasteiger partial charge is 0.293 e. The Morgan fingerprint density at radius 2 is 2.06 bits per heavy atom. The Balaban J connectivity index is 1.45. The maximum atomic E-state index is 13.5.